The molecular formula is C9H10N6O2. The van der Waals surface area contributed by atoms with Crippen molar-refractivity contribution in [3.63, 3.8) is 0 Å². The summed E-state index contributed by atoms with van der Waals surface area (Å²) in [5.74, 6) is 0.980. The second-order valence-electron chi connectivity index (χ2n) is 3.24. The fraction of sp³-hybridized carbons (Fsp3) is 0.222. The summed E-state index contributed by atoms with van der Waals surface area (Å²) >= 11 is 0. The highest BCUT2D eigenvalue weighted by Crippen LogP contribution is 2.19. The topological polar surface area (TPSA) is 110 Å². The minimum absolute atomic E-state index is 0.0370. The van der Waals surface area contributed by atoms with Gasteiger partial charge < -0.3 is 5.32 Å². The Hall–Kier alpha value is -2.51. The summed E-state index contributed by atoms with van der Waals surface area (Å²) < 4.78 is 0. The zero-order chi connectivity index (χ0) is 12.1. The Kier molecular flexibility index (Phi) is 3.24. The van der Waals surface area contributed by atoms with Gasteiger partial charge in [0.2, 0.25) is 5.82 Å². The number of nitrogens with zero attached hydrogens (tertiary/aromatic N) is 4. The van der Waals surface area contributed by atoms with E-state index in [1.165, 1.54) is 24.7 Å². The van der Waals surface area contributed by atoms with Crippen LogP contribution < -0.4 is 5.32 Å². The summed E-state index contributed by atoms with van der Waals surface area (Å²) in [4.78, 5) is 18.1. The molecule has 0 aliphatic heterocycles. The normalized spacial score (nSPS) is 10.1. The molecule has 0 radical (unpaired) electrons. The smallest absolute Gasteiger partial charge is 0.311 e. The van der Waals surface area contributed by atoms with Gasteiger partial charge in [0.05, 0.1) is 4.92 Å². The maximum absolute atomic E-state index is 10.7. The Bertz CT molecular complexity index is 498. The highest BCUT2D eigenvalue weighted by molar-refractivity contribution is 5.54. The SMILES string of the molecule is O=[N+]([O-])c1cccnc1NCCc1ncn[nH]1. The standard InChI is InChI=1S/C9H10N6O2/c16-15(17)7-2-1-4-10-9(7)11-5-3-8-12-6-13-14-8/h1-2,4,6H,3,5H2,(H,10,11)(H,12,13,14). The zero-order valence-corrected chi connectivity index (χ0v) is 8.83. The fourth-order valence-electron chi connectivity index (χ4n) is 1.33. The lowest BCUT2D eigenvalue weighted by atomic mass is 10.3. The molecule has 2 heterocycles. The van der Waals surface area contributed by atoms with Crippen molar-refractivity contribution in [2.75, 3.05) is 11.9 Å². The van der Waals surface area contributed by atoms with Crippen molar-refractivity contribution in [2.24, 2.45) is 0 Å². The Labute approximate surface area is 96.3 Å². The number of rotatable bonds is 5. The van der Waals surface area contributed by atoms with Gasteiger partial charge in [-0.25, -0.2) is 9.97 Å². The van der Waals surface area contributed by atoms with Crippen molar-refractivity contribution in [3.05, 3.63) is 40.6 Å². The van der Waals surface area contributed by atoms with Crippen molar-refractivity contribution in [1.29, 1.82) is 0 Å². The van der Waals surface area contributed by atoms with Gasteiger partial charge in [-0.2, -0.15) is 5.10 Å². The number of nitrogens with one attached hydrogen (secondary N) is 2. The van der Waals surface area contributed by atoms with Gasteiger partial charge in [-0.3, -0.25) is 15.2 Å². The van der Waals surface area contributed by atoms with E-state index in [2.05, 4.69) is 25.5 Å². The number of H-pyrrole nitrogens is 1. The van der Waals surface area contributed by atoms with E-state index in [1.807, 2.05) is 0 Å². The van der Waals surface area contributed by atoms with E-state index in [0.29, 0.717) is 13.0 Å². The molecule has 2 aromatic heterocycles. The van der Waals surface area contributed by atoms with Crippen LogP contribution in [0.1, 0.15) is 5.82 Å². The Morgan fingerprint density at radius 3 is 3.06 bits per heavy atom. The summed E-state index contributed by atoms with van der Waals surface area (Å²) in [5, 5.41) is 20.0. The molecule has 88 valence electrons. The van der Waals surface area contributed by atoms with Gasteiger partial charge in [-0.1, -0.05) is 0 Å². The second kappa shape index (κ2) is 5.01. The average molecular weight is 234 g/mol. The van der Waals surface area contributed by atoms with Gasteiger partial charge >= 0.3 is 5.69 Å². The van der Waals surface area contributed by atoms with Crippen LogP contribution in [0.15, 0.2) is 24.7 Å². The molecule has 0 fully saturated rings. The maximum atomic E-state index is 10.7. The van der Waals surface area contributed by atoms with E-state index in [9.17, 15) is 10.1 Å². The first kappa shape index (κ1) is 11.0. The molecule has 0 aliphatic carbocycles. The van der Waals surface area contributed by atoms with Gasteiger partial charge in [0.15, 0.2) is 0 Å². The van der Waals surface area contributed by atoms with E-state index in [1.54, 1.807) is 0 Å². The summed E-state index contributed by atoms with van der Waals surface area (Å²) in [6, 6.07) is 2.93. The molecule has 8 heteroatoms. The minimum atomic E-state index is -0.468. The quantitative estimate of drug-likeness (QED) is 0.583. The predicted octanol–water partition coefficient (Wildman–Crippen LogP) is 0.762. The number of aromatic amines is 1. The van der Waals surface area contributed by atoms with E-state index in [4.69, 9.17) is 0 Å². The lowest BCUT2D eigenvalue weighted by molar-refractivity contribution is -0.384. The number of nitro groups is 1. The molecule has 0 aromatic carbocycles. The van der Waals surface area contributed by atoms with Crippen LogP contribution in [0.25, 0.3) is 0 Å². The zero-order valence-electron chi connectivity index (χ0n) is 8.83. The molecule has 17 heavy (non-hydrogen) atoms. The Balaban J connectivity index is 1.97. The first-order valence-electron chi connectivity index (χ1n) is 4.95. The molecule has 0 aliphatic rings. The molecule has 2 N–H and O–H groups in total. The third kappa shape index (κ3) is 2.74. The number of aromatic nitrogens is 4. The average Bonchev–Trinajstić information content (AvgIpc) is 2.82. The van der Waals surface area contributed by atoms with E-state index >= 15 is 0 Å². The van der Waals surface area contributed by atoms with Crippen LogP contribution in [-0.2, 0) is 6.42 Å². The maximum Gasteiger partial charge on any atom is 0.311 e. The van der Waals surface area contributed by atoms with E-state index < -0.39 is 4.92 Å². The molecule has 0 spiro atoms. The van der Waals surface area contributed by atoms with Crippen molar-refractivity contribution < 1.29 is 4.92 Å². The summed E-state index contributed by atoms with van der Waals surface area (Å²) in [7, 11) is 0. The number of anilines is 1. The molecule has 0 saturated carbocycles. The molecule has 0 atom stereocenters. The highest BCUT2D eigenvalue weighted by atomic mass is 16.6. The Morgan fingerprint density at radius 1 is 1.47 bits per heavy atom. The van der Waals surface area contributed by atoms with Crippen molar-refractivity contribution in [2.45, 2.75) is 6.42 Å². The molecule has 0 unspecified atom stereocenters. The van der Waals surface area contributed by atoms with Crippen LogP contribution in [0.3, 0.4) is 0 Å². The van der Waals surface area contributed by atoms with Gasteiger partial charge in [-0.05, 0) is 6.07 Å². The lowest BCUT2D eigenvalue weighted by Crippen LogP contribution is -2.09. The molecule has 0 bridgehead atoms. The number of hydrogen-bond acceptors (Lipinski definition) is 6. The second-order valence-corrected chi connectivity index (χ2v) is 3.24. The van der Waals surface area contributed by atoms with Gasteiger partial charge in [-0.15, -0.1) is 0 Å². The first-order valence-corrected chi connectivity index (χ1v) is 4.95. The molecule has 0 amide bonds. The first-order chi connectivity index (χ1) is 8.27. The van der Waals surface area contributed by atoms with Crippen LogP contribution in [0.4, 0.5) is 11.5 Å². The molecule has 0 saturated heterocycles. The van der Waals surface area contributed by atoms with Gasteiger partial charge in [0.1, 0.15) is 12.2 Å². The van der Waals surface area contributed by atoms with Crippen molar-refractivity contribution in [3.8, 4) is 0 Å². The predicted molar refractivity (Wildman–Crippen MR) is 59.5 cm³/mol. The number of pyridine rings is 1. The van der Waals surface area contributed by atoms with Crippen molar-refractivity contribution >= 4 is 11.5 Å². The fourth-order valence-corrected chi connectivity index (χ4v) is 1.33. The van der Waals surface area contributed by atoms with Crippen LogP contribution in [-0.4, -0.2) is 31.6 Å². The molecule has 2 aromatic rings. The summed E-state index contributed by atoms with van der Waals surface area (Å²) in [6.45, 7) is 0.493. The van der Waals surface area contributed by atoms with Gasteiger partial charge in [0.25, 0.3) is 0 Å². The Morgan fingerprint density at radius 2 is 2.35 bits per heavy atom. The van der Waals surface area contributed by atoms with E-state index in [0.717, 1.165) is 5.82 Å². The third-order valence-corrected chi connectivity index (χ3v) is 2.10. The number of hydrogen-bond donors (Lipinski definition) is 2. The van der Waals surface area contributed by atoms with Crippen LogP contribution >= 0.6 is 0 Å². The molecule has 8 nitrogen and oxygen atoms in total. The largest absolute Gasteiger partial charge is 0.364 e. The lowest BCUT2D eigenvalue weighted by Gasteiger charge is -2.03. The van der Waals surface area contributed by atoms with Gasteiger partial charge in [0, 0.05) is 25.2 Å². The molecular weight excluding hydrogens is 224 g/mol. The van der Waals surface area contributed by atoms with Crippen molar-refractivity contribution in [1.82, 2.24) is 20.2 Å². The summed E-state index contributed by atoms with van der Waals surface area (Å²) in [5.41, 5.74) is -0.0370. The van der Waals surface area contributed by atoms with Crippen LogP contribution in [0.2, 0.25) is 0 Å². The van der Waals surface area contributed by atoms with Crippen LogP contribution in [0, 0.1) is 10.1 Å². The molecule has 2 rings (SSSR count). The monoisotopic (exact) mass is 234 g/mol. The third-order valence-electron chi connectivity index (χ3n) is 2.10. The van der Waals surface area contributed by atoms with E-state index in [-0.39, 0.29) is 11.5 Å². The summed E-state index contributed by atoms with van der Waals surface area (Å²) in [6.07, 6.45) is 3.51. The minimum Gasteiger partial charge on any atom is -0.364 e. The van der Waals surface area contributed by atoms with Crippen LogP contribution in [0.5, 0.6) is 0 Å². The highest BCUT2D eigenvalue weighted by Gasteiger charge is 2.13.